The molecule has 0 radical (unpaired) electrons. The Kier molecular flexibility index (Phi) is 4.49. The first kappa shape index (κ1) is 16.2. The summed E-state index contributed by atoms with van der Waals surface area (Å²) in [7, 11) is 1.98. The normalized spacial score (nSPS) is 35.3. The first-order valence-electron chi connectivity index (χ1n) is 8.07. The van der Waals surface area contributed by atoms with Gasteiger partial charge in [0.15, 0.2) is 0 Å². The number of thiazole rings is 1. The molecule has 5 rings (SSSR count). The molecule has 1 heterocycles. The van der Waals surface area contributed by atoms with Gasteiger partial charge in [-0.15, -0.1) is 23.7 Å². The Hall–Kier alpha value is -0.650. The topological polar surface area (TPSA) is 59.2 Å². The summed E-state index contributed by atoms with van der Waals surface area (Å²) < 4.78 is 0. The van der Waals surface area contributed by atoms with Crippen LogP contribution in [0.1, 0.15) is 47.6 Å². The number of carbonyl (C=O) groups excluding carboxylic acids is 1. The van der Waals surface area contributed by atoms with E-state index in [0.29, 0.717) is 18.3 Å². The van der Waals surface area contributed by atoms with Crippen molar-refractivity contribution < 1.29 is 4.79 Å². The van der Waals surface area contributed by atoms with E-state index in [1.165, 1.54) is 43.4 Å². The minimum atomic E-state index is 0. The predicted molar refractivity (Wildman–Crippen MR) is 90.2 cm³/mol. The lowest BCUT2D eigenvalue weighted by Gasteiger charge is -2.56. The predicted octanol–water partition coefficient (Wildman–Crippen LogP) is 2.92. The highest BCUT2D eigenvalue weighted by atomic mass is 35.5. The van der Waals surface area contributed by atoms with Crippen LogP contribution in [0, 0.1) is 23.7 Å². The molecular formula is C16H24ClN3OS. The molecule has 1 aromatic rings. The number of nitrogens with zero attached hydrogens (tertiary/aromatic N) is 2. The quantitative estimate of drug-likeness (QED) is 0.919. The molecule has 4 saturated carbocycles. The number of nitrogens with two attached hydrogens (primary N) is 1. The van der Waals surface area contributed by atoms with Crippen LogP contribution in [-0.2, 0) is 6.54 Å². The molecule has 22 heavy (non-hydrogen) atoms. The summed E-state index contributed by atoms with van der Waals surface area (Å²) in [6, 6.07) is 0.438. The van der Waals surface area contributed by atoms with Gasteiger partial charge in [-0.05, 0) is 55.8 Å². The number of aromatic nitrogens is 1. The van der Waals surface area contributed by atoms with Gasteiger partial charge < -0.3 is 10.6 Å². The van der Waals surface area contributed by atoms with E-state index < -0.39 is 0 Å². The van der Waals surface area contributed by atoms with Crippen LogP contribution >= 0.6 is 23.7 Å². The fourth-order valence-corrected chi connectivity index (χ4v) is 6.00. The first-order chi connectivity index (χ1) is 10.2. The van der Waals surface area contributed by atoms with Crippen molar-refractivity contribution in [3.05, 3.63) is 16.1 Å². The van der Waals surface area contributed by atoms with Gasteiger partial charge in [0.05, 0.1) is 0 Å². The third-order valence-electron chi connectivity index (χ3n) is 5.89. The second-order valence-corrected chi connectivity index (χ2v) is 8.11. The highest BCUT2D eigenvalue weighted by molar-refractivity contribution is 7.09. The molecule has 4 aliphatic rings. The molecule has 4 nitrogen and oxygen atoms in total. The molecule has 122 valence electrons. The third kappa shape index (κ3) is 2.57. The zero-order valence-corrected chi connectivity index (χ0v) is 14.5. The standard InChI is InChI=1S/C16H23N3OS.ClH/c1-19(16(20)13-8-21-14(7-17)18-13)15-11-3-9-2-10(5-11)6-12(15)4-9;/h8-12,15H,2-7,17H2,1H3;1H. The van der Waals surface area contributed by atoms with E-state index in [4.69, 9.17) is 5.73 Å². The van der Waals surface area contributed by atoms with Crippen LogP contribution in [-0.4, -0.2) is 28.9 Å². The lowest BCUT2D eigenvalue weighted by Crippen LogP contribution is -2.56. The number of hydrogen-bond acceptors (Lipinski definition) is 4. The molecule has 4 aliphatic carbocycles. The second kappa shape index (κ2) is 6.10. The Balaban J connectivity index is 0.00000144. The number of hydrogen-bond donors (Lipinski definition) is 1. The SMILES string of the molecule is CN(C(=O)c1csc(CN)n1)C1C2CC3CC(C2)CC1C3.Cl. The Morgan fingerprint density at radius 2 is 1.86 bits per heavy atom. The zero-order valence-electron chi connectivity index (χ0n) is 12.9. The van der Waals surface area contributed by atoms with E-state index in [2.05, 4.69) is 4.98 Å². The van der Waals surface area contributed by atoms with Crippen molar-refractivity contribution in [3.63, 3.8) is 0 Å². The summed E-state index contributed by atoms with van der Waals surface area (Å²) >= 11 is 1.49. The lowest BCUT2D eigenvalue weighted by atomic mass is 9.54. The molecule has 2 N–H and O–H groups in total. The fraction of sp³-hybridized carbons (Fsp3) is 0.750. The largest absolute Gasteiger partial charge is 0.337 e. The number of halogens is 1. The smallest absolute Gasteiger partial charge is 0.273 e. The van der Waals surface area contributed by atoms with Gasteiger partial charge in [0.25, 0.3) is 5.91 Å². The van der Waals surface area contributed by atoms with Crippen LogP contribution in [0.15, 0.2) is 5.38 Å². The van der Waals surface area contributed by atoms with Crippen LogP contribution in [0.5, 0.6) is 0 Å². The van der Waals surface area contributed by atoms with Gasteiger partial charge >= 0.3 is 0 Å². The third-order valence-corrected chi connectivity index (χ3v) is 6.76. The van der Waals surface area contributed by atoms with E-state index in [1.54, 1.807) is 0 Å². The first-order valence-corrected chi connectivity index (χ1v) is 8.95. The number of rotatable bonds is 3. The van der Waals surface area contributed by atoms with Gasteiger partial charge in [0.2, 0.25) is 0 Å². The van der Waals surface area contributed by atoms with Gasteiger partial charge in [-0.2, -0.15) is 0 Å². The Labute approximate surface area is 141 Å². The second-order valence-electron chi connectivity index (χ2n) is 7.17. The van der Waals surface area contributed by atoms with Crippen molar-refractivity contribution in [1.29, 1.82) is 0 Å². The Bertz CT molecular complexity index is 533. The van der Waals surface area contributed by atoms with Gasteiger partial charge in [0.1, 0.15) is 10.7 Å². The summed E-state index contributed by atoms with van der Waals surface area (Å²) in [6.07, 6.45) is 6.78. The molecule has 1 aromatic heterocycles. The van der Waals surface area contributed by atoms with E-state index in [1.807, 2.05) is 17.3 Å². The maximum absolute atomic E-state index is 12.7. The maximum Gasteiger partial charge on any atom is 0.273 e. The molecule has 0 aromatic carbocycles. The summed E-state index contributed by atoms with van der Waals surface area (Å²) in [5.74, 6) is 3.42. The van der Waals surface area contributed by atoms with Gasteiger partial charge in [0, 0.05) is 25.0 Å². The van der Waals surface area contributed by atoms with Crippen LogP contribution in [0.3, 0.4) is 0 Å². The summed E-state index contributed by atoms with van der Waals surface area (Å²) in [6.45, 7) is 0.416. The highest BCUT2D eigenvalue weighted by Crippen LogP contribution is 2.55. The van der Waals surface area contributed by atoms with Crippen molar-refractivity contribution in [3.8, 4) is 0 Å². The van der Waals surface area contributed by atoms with Crippen molar-refractivity contribution in [2.75, 3.05) is 7.05 Å². The van der Waals surface area contributed by atoms with E-state index >= 15 is 0 Å². The van der Waals surface area contributed by atoms with Crippen molar-refractivity contribution >= 4 is 29.7 Å². The molecule has 0 unspecified atom stereocenters. The molecule has 0 atom stereocenters. The summed E-state index contributed by atoms with van der Waals surface area (Å²) in [4.78, 5) is 19.1. The van der Waals surface area contributed by atoms with Crippen LogP contribution < -0.4 is 5.73 Å². The monoisotopic (exact) mass is 341 g/mol. The molecule has 0 saturated heterocycles. The van der Waals surface area contributed by atoms with Gasteiger partial charge in [-0.1, -0.05) is 0 Å². The molecule has 6 heteroatoms. The zero-order chi connectivity index (χ0) is 14.6. The molecule has 4 bridgehead atoms. The van der Waals surface area contributed by atoms with Gasteiger partial charge in [-0.25, -0.2) is 4.98 Å². The Morgan fingerprint density at radius 3 is 2.36 bits per heavy atom. The summed E-state index contributed by atoms with van der Waals surface area (Å²) in [5.41, 5.74) is 6.18. The molecule has 0 aliphatic heterocycles. The van der Waals surface area contributed by atoms with E-state index in [0.717, 1.165) is 28.7 Å². The lowest BCUT2D eigenvalue weighted by molar-refractivity contribution is -0.0492. The average Bonchev–Trinajstić information content (AvgIpc) is 2.94. The maximum atomic E-state index is 12.7. The van der Waals surface area contributed by atoms with Crippen molar-refractivity contribution in [1.82, 2.24) is 9.88 Å². The highest BCUT2D eigenvalue weighted by Gasteiger charge is 2.50. The van der Waals surface area contributed by atoms with Crippen LogP contribution in [0.2, 0.25) is 0 Å². The summed E-state index contributed by atoms with van der Waals surface area (Å²) in [5, 5.41) is 2.70. The number of amides is 1. The van der Waals surface area contributed by atoms with Gasteiger partial charge in [-0.3, -0.25) is 4.79 Å². The van der Waals surface area contributed by atoms with E-state index in [-0.39, 0.29) is 18.3 Å². The Morgan fingerprint density at radius 1 is 1.27 bits per heavy atom. The fourth-order valence-electron chi connectivity index (χ4n) is 5.35. The molecule has 4 fully saturated rings. The van der Waals surface area contributed by atoms with Crippen molar-refractivity contribution in [2.24, 2.45) is 29.4 Å². The molecule has 1 amide bonds. The minimum absolute atomic E-state index is 0. The van der Waals surface area contributed by atoms with Crippen molar-refractivity contribution in [2.45, 2.75) is 44.7 Å². The van der Waals surface area contributed by atoms with Crippen LogP contribution in [0.4, 0.5) is 0 Å². The van der Waals surface area contributed by atoms with E-state index in [9.17, 15) is 4.79 Å². The number of carbonyl (C=O) groups is 1. The molecular weight excluding hydrogens is 318 g/mol. The molecule has 0 spiro atoms. The minimum Gasteiger partial charge on any atom is -0.337 e. The van der Waals surface area contributed by atoms with Crippen LogP contribution in [0.25, 0.3) is 0 Å². The average molecular weight is 342 g/mol.